The van der Waals surface area contributed by atoms with Gasteiger partial charge in [0.1, 0.15) is 0 Å². The zero-order chi connectivity index (χ0) is 14.7. The fourth-order valence-electron chi connectivity index (χ4n) is 2.44. The van der Waals surface area contributed by atoms with Gasteiger partial charge in [-0.25, -0.2) is 0 Å². The maximum absolute atomic E-state index is 12.3. The highest BCUT2D eigenvalue weighted by Gasteiger charge is 2.23. The van der Waals surface area contributed by atoms with Gasteiger partial charge in [0.15, 0.2) is 0 Å². The molecular weight excluding hydrogens is 306 g/mol. The molecule has 1 saturated heterocycles. The average molecular weight is 322 g/mol. The Morgan fingerprint density at radius 1 is 1.24 bits per heavy atom. The van der Waals surface area contributed by atoms with Crippen LogP contribution in [0.1, 0.15) is 15.2 Å². The quantitative estimate of drug-likeness (QED) is 0.872. The molecular formula is C15H16ClN3OS. The van der Waals surface area contributed by atoms with E-state index in [1.807, 2.05) is 17.2 Å². The lowest BCUT2D eigenvalue weighted by Gasteiger charge is -2.34. The van der Waals surface area contributed by atoms with Crippen LogP contribution in [0.4, 0.5) is 0 Å². The van der Waals surface area contributed by atoms with Gasteiger partial charge in [-0.15, -0.1) is 11.3 Å². The summed E-state index contributed by atoms with van der Waals surface area (Å²) >= 11 is 7.24. The van der Waals surface area contributed by atoms with Gasteiger partial charge in [-0.2, -0.15) is 0 Å². The first kappa shape index (κ1) is 14.5. The first-order valence-electron chi connectivity index (χ1n) is 6.88. The van der Waals surface area contributed by atoms with Crippen molar-refractivity contribution in [3.63, 3.8) is 0 Å². The fraction of sp³-hybridized carbons (Fsp3) is 0.333. The third kappa shape index (κ3) is 3.61. The number of halogens is 1. The third-order valence-corrected chi connectivity index (χ3v) is 4.79. The number of hydrogen-bond donors (Lipinski definition) is 0. The molecule has 4 nitrogen and oxygen atoms in total. The van der Waals surface area contributed by atoms with Gasteiger partial charge >= 0.3 is 0 Å². The number of hydrogen-bond acceptors (Lipinski definition) is 4. The summed E-state index contributed by atoms with van der Waals surface area (Å²) < 4.78 is 0.661. The van der Waals surface area contributed by atoms with E-state index in [-0.39, 0.29) is 5.91 Å². The molecule has 1 fully saturated rings. The second-order valence-corrected chi connectivity index (χ2v) is 6.75. The predicted octanol–water partition coefficient (Wildman–Crippen LogP) is 2.75. The minimum absolute atomic E-state index is 0.0907. The molecule has 0 aromatic carbocycles. The molecule has 110 valence electrons. The van der Waals surface area contributed by atoms with Crippen LogP contribution < -0.4 is 0 Å². The maximum atomic E-state index is 12.3. The summed E-state index contributed by atoms with van der Waals surface area (Å²) in [5, 5.41) is 0. The van der Waals surface area contributed by atoms with Crippen LogP contribution in [0.2, 0.25) is 4.34 Å². The van der Waals surface area contributed by atoms with E-state index in [0.29, 0.717) is 4.34 Å². The second kappa shape index (κ2) is 6.56. The van der Waals surface area contributed by atoms with Crippen molar-refractivity contribution in [1.82, 2.24) is 14.8 Å². The van der Waals surface area contributed by atoms with E-state index >= 15 is 0 Å². The van der Waals surface area contributed by atoms with Gasteiger partial charge in [-0.05, 0) is 23.8 Å². The largest absolute Gasteiger partial charge is 0.335 e. The van der Waals surface area contributed by atoms with Gasteiger partial charge < -0.3 is 4.90 Å². The lowest BCUT2D eigenvalue weighted by molar-refractivity contribution is 0.0633. The molecule has 1 aliphatic rings. The molecule has 21 heavy (non-hydrogen) atoms. The van der Waals surface area contributed by atoms with Crippen molar-refractivity contribution < 1.29 is 4.79 Å². The fourth-order valence-corrected chi connectivity index (χ4v) is 3.46. The smallest absolute Gasteiger partial charge is 0.264 e. The Balaban J connectivity index is 1.54. The van der Waals surface area contributed by atoms with Crippen molar-refractivity contribution in [2.75, 3.05) is 26.2 Å². The Hall–Kier alpha value is -1.43. The van der Waals surface area contributed by atoms with E-state index in [1.54, 1.807) is 18.3 Å². The number of carbonyl (C=O) groups is 1. The van der Waals surface area contributed by atoms with Crippen molar-refractivity contribution >= 4 is 28.8 Å². The zero-order valence-corrected chi connectivity index (χ0v) is 13.1. The van der Waals surface area contributed by atoms with E-state index in [9.17, 15) is 4.79 Å². The molecule has 0 saturated carbocycles. The SMILES string of the molecule is O=C(c1ccc(Cl)s1)N1CCN(Cc2cccnc2)CC1. The van der Waals surface area contributed by atoms with E-state index in [0.717, 1.165) is 37.6 Å². The molecule has 0 aliphatic carbocycles. The average Bonchev–Trinajstić information content (AvgIpc) is 2.95. The van der Waals surface area contributed by atoms with Crippen LogP contribution in [0, 0.1) is 0 Å². The normalized spacial score (nSPS) is 16.1. The Morgan fingerprint density at radius 2 is 2.05 bits per heavy atom. The molecule has 0 bridgehead atoms. The van der Waals surface area contributed by atoms with Crippen LogP contribution in [-0.4, -0.2) is 46.9 Å². The van der Waals surface area contributed by atoms with E-state index in [2.05, 4.69) is 16.0 Å². The molecule has 6 heteroatoms. The standard InChI is InChI=1S/C15H16ClN3OS/c16-14-4-3-13(21-14)15(20)19-8-6-18(7-9-19)11-12-2-1-5-17-10-12/h1-5,10H,6-9,11H2. The Morgan fingerprint density at radius 3 is 2.67 bits per heavy atom. The number of aromatic nitrogens is 1. The maximum Gasteiger partial charge on any atom is 0.264 e. The summed E-state index contributed by atoms with van der Waals surface area (Å²) in [6.45, 7) is 4.18. The number of carbonyl (C=O) groups excluding carboxylic acids is 1. The highest BCUT2D eigenvalue weighted by molar-refractivity contribution is 7.17. The number of thiophene rings is 1. The first-order valence-corrected chi connectivity index (χ1v) is 8.08. The number of nitrogens with zero attached hydrogens (tertiary/aromatic N) is 3. The van der Waals surface area contributed by atoms with E-state index < -0.39 is 0 Å². The predicted molar refractivity (Wildman–Crippen MR) is 84.7 cm³/mol. The van der Waals surface area contributed by atoms with Gasteiger partial charge in [0.05, 0.1) is 9.21 Å². The third-order valence-electron chi connectivity index (χ3n) is 3.57. The van der Waals surface area contributed by atoms with Crippen LogP contribution in [0.25, 0.3) is 0 Å². The van der Waals surface area contributed by atoms with Crippen molar-refractivity contribution in [3.05, 3.63) is 51.4 Å². The summed E-state index contributed by atoms with van der Waals surface area (Å²) in [5.74, 6) is 0.0907. The van der Waals surface area contributed by atoms with E-state index in [4.69, 9.17) is 11.6 Å². The molecule has 3 rings (SSSR count). The topological polar surface area (TPSA) is 36.4 Å². The van der Waals surface area contributed by atoms with Gasteiger partial charge in [0.25, 0.3) is 5.91 Å². The van der Waals surface area contributed by atoms with E-state index in [1.165, 1.54) is 16.9 Å². The lowest BCUT2D eigenvalue weighted by atomic mass is 10.2. The first-order chi connectivity index (χ1) is 10.2. The number of amides is 1. The van der Waals surface area contributed by atoms with Gasteiger partial charge in [0.2, 0.25) is 0 Å². The van der Waals surface area contributed by atoms with Crippen LogP contribution in [0.3, 0.4) is 0 Å². The van der Waals surface area contributed by atoms with Crippen molar-refractivity contribution in [2.24, 2.45) is 0 Å². The van der Waals surface area contributed by atoms with Crippen LogP contribution in [0.15, 0.2) is 36.7 Å². The molecule has 0 unspecified atom stereocenters. The summed E-state index contributed by atoms with van der Waals surface area (Å²) in [5.41, 5.74) is 1.21. The second-order valence-electron chi connectivity index (χ2n) is 5.03. The summed E-state index contributed by atoms with van der Waals surface area (Å²) in [6.07, 6.45) is 3.68. The molecule has 2 aromatic rings. The van der Waals surface area contributed by atoms with Crippen LogP contribution in [0.5, 0.6) is 0 Å². The zero-order valence-electron chi connectivity index (χ0n) is 11.5. The lowest BCUT2D eigenvalue weighted by Crippen LogP contribution is -2.48. The van der Waals surface area contributed by atoms with Crippen molar-refractivity contribution in [3.8, 4) is 0 Å². The van der Waals surface area contributed by atoms with Crippen LogP contribution in [-0.2, 0) is 6.54 Å². The number of piperazine rings is 1. The Labute approximate surface area is 133 Å². The van der Waals surface area contributed by atoms with Crippen molar-refractivity contribution in [2.45, 2.75) is 6.54 Å². The minimum atomic E-state index is 0.0907. The molecule has 0 N–H and O–H groups in total. The summed E-state index contributed by atoms with van der Waals surface area (Å²) in [6, 6.07) is 7.61. The van der Waals surface area contributed by atoms with Crippen LogP contribution >= 0.6 is 22.9 Å². The highest BCUT2D eigenvalue weighted by atomic mass is 35.5. The monoisotopic (exact) mass is 321 g/mol. The minimum Gasteiger partial charge on any atom is -0.335 e. The number of rotatable bonds is 3. The van der Waals surface area contributed by atoms with Gasteiger partial charge in [-0.3, -0.25) is 14.7 Å². The molecule has 0 radical (unpaired) electrons. The van der Waals surface area contributed by atoms with Gasteiger partial charge in [-0.1, -0.05) is 17.7 Å². The summed E-state index contributed by atoms with van der Waals surface area (Å²) in [7, 11) is 0. The van der Waals surface area contributed by atoms with Crippen molar-refractivity contribution in [1.29, 1.82) is 0 Å². The number of pyridine rings is 1. The molecule has 1 amide bonds. The Kier molecular flexibility index (Phi) is 4.53. The molecule has 0 spiro atoms. The molecule has 3 heterocycles. The highest BCUT2D eigenvalue weighted by Crippen LogP contribution is 2.23. The Bertz CT molecular complexity index is 608. The molecule has 1 aliphatic heterocycles. The van der Waals surface area contributed by atoms with Gasteiger partial charge in [0, 0.05) is 45.1 Å². The summed E-state index contributed by atoms with van der Waals surface area (Å²) in [4.78, 5) is 21.4. The molecule has 0 atom stereocenters. The molecule has 2 aromatic heterocycles.